The van der Waals surface area contributed by atoms with E-state index in [1.807, 2.05) is 10.9 Å². The van der Waals surface area contributed by atoms with Crippen LogP contribution in [0, 0.1) is 13.8 Å². The van der Waals surface area contributed by atoms with Gasteiger partial charge in [0.2, 0.25) is 0 Å². The van der Waals surface area contributed by atoms with Gasteiger partial charge in [-0.15, -0.1) is 0 Å². The third-order valence-electron chi connectivity index (χ3n) is 5.32. The van der Waals surface area contributed by atoms with Crippen LogP contribution in [0.2, 0.25) is 0 Å². The van der Waals surface area contributed by atoms with E-state index in [0.717, 1.165) is 47.3 Å². The van der Waals surface area contributed by atoms with E-state index in [1.54, 1.807) is 7.11 Å². The number of nitrogens with one attached hydrogen (secondary N) is 1. The summed E-state index contributed by atoms with van der Waals surface area (Å²) in [6.45, 7) is 6.15. The van der Waals surface area contributed by atoms with Gasteiger partial charge >= 0.3 is 0 Å². The molecule has 0 bridgehead atoms. The van der Waals surface area contributed by atoms with Crippen LogP contribution in [-0.2, 0) is 0 Å². The van der Waals surface area contributed by atoms with E-state index in [2.05, 4.69) is 68.5 Å². The third kappa shape index (κ3) is 3.06. The van der Waals surface area contributed by atoms with Gasteiger partial charge in [0.05, 0.1) is 16.4 Å². The molecule has 0 spiro atoms. The Morgan fingerprint density at radius 3 is 2.68 bits per heavy atom. The van der Waals surface area contributed by atoms with Crippen molar-refractivity contribution in [1.82, 2.24) is 14.6 Å². The van der Waals surface area contributed by atoms with Gasteiger partial charge in [-0.05, 0) is 63.3 Å². The second-order valence-corrected chi connectivity index (χ2v) is 7.76. The van der Waals surface area contributed by atoms with Crippen molar-refractivity contribution in [3.05, 3.63) is 47.7 Å². The van der Waals surface area contributed by atoms with Crippen molar-refractivity contribution in [2.24, 2.45) is 0 Å². The van der Waals surface area contributed by atoms with Gasteiger partial charge in [-0.3, -0.25) is 0 Å². The zero-order valence-electron chi connectivity index (χ0n) is 17.3. The highest BCUT2D eigenvalue weighted by molar-refractivity contribution is 6.24. The maximum atomic E-state index is 5.80. The van der Waals surface area contributed by atoms with Crippen molar-refractivity contribution < 1.29 is 4.84 Å². The Morgan fingerprint density at radius 2 is 1.93 bits per heavy atom. The van der Waals surface area contributed by atoms with E-state index in [9.17, 15) is 0 Å². The predicted molar refractivity (Wildman–Crippen MR) is 118 cm³/mol. The van der Waals surface area contributed by atoms with Gasteiger partial charge in [0.25, 0.3) is 0 Å². The Bertz CT molecular complexity index is 1160. The number of fused-ring (bicyclic) bond motifs is 5. The van der Waals surface area contributed by atoms with Crippen molar-refractivity contribution in [3.8, 4) is 0 Å². The molecule has 2 aromatic heterocycles. The summed E-state index contributed by atoms with van der Waals surface area (Å²) in [5.74, 6) is 0.924. The van der Waals surface area contributed by atoms with Gasteiger partial charge in [-0.25, -0.2) is 4.98 Å². The fraction of sp³-hybridized carbons (Fsp3) is 0.348. The number of anilines is 1. The van der Waals surface area contributed by atoms with E-state index in [1.165, 1.54) is 21.7 Å². The molecular weight excluding hydrogens is 348 g/mol. The van der Waals surface area contributed by atoms with Crippen molar-refractivity contribution in [2.45, 2.75) is 20.3 Å². The SMILES string of the molecule is COn1c2ccc3cc(C)ccc3c2c2c(NCCCN(C)C)ncc(C)c21. The molecule has 0 amide bonds. The van der Waals surface area contributed by atoms with Gasteiger partial charge in [0.15, 0.2) is 0 Å². The summed E-state index contributed by atoms with van der Waals surface area (Å²) < 4.78 is 1.94. The van der Waals surface area contributed by atoms with Crippen LogP contribution >= 0.6 is 0 Å². The number of rotatable bonds is 6. The second kappa shape index (κ2) is 7.32. The minimum atomic E-state index is 0.882. The molecule has 0 aliphatic rings. The first-order chi connectivity index (χ1) is 13.5. The zero-order chi connectivity index (χ0) is 19.8. The quantitative estimate of drug-likeness (QED) is 0.507. The Kier molecular flexibility index (Phi) is 4.85. The molecule has 0 unspecified atom stereocenters. The van der Waals surface area contributed by atoms with Crippen molar-refractivity contribution >= 4 is 38.4 Å². The minimum absolute atomic E-state index is 0.882. The number of benzene rings is 2. The molecule has 28 heavy (non-hydrogen) atoms. The molecule has 4 rings (SSSR count). The number of aryl methyl sites for hydroxylation is 2. The predicted octanol–water partition coefficient (Wildman–Crippen LogP) is 4.38. The summed E-state index contributed by atoms with van der Waals surface area (Å²) in [6.07, 6.45) is 2.99. The van der Waals surface area contributed by atoms with Crippen LogP contribution in [0.3, 0.4) is 0 Å². The summed E-state index contributed by atoms with van der Waals surface area (Å²) in [5, 5.41) is 8.37. The zero-order valence-corrected chi connectivity index (χ0v) is 17.3. The van der Waals surface area contributed by atoms with Gasteiger partial charge in [-0.2, -0.15) is 4.73 Å². The van der Waals surface area contributed by atoms with Crippen LogP contribution < -0.4 is 10.2 Å². The van der Waals surface area contributed by atoms with Gasteiger partial charge in [-0.1, -0.05) is 29.8 Å². The summed E-state index contributed by atoms with van der Waals surface area (Å²) in [5.41, 5.74) is 4.52. The molecular formula is C23H28N4O. The topological polar surface area (TPSA) is 42.3 Å². The van der Waals surface area contributed by atoms with Crippen LogP contribution in [0.1, 0.15) is 17.5 Å². The first-order valence-electron chi connectivity index (χ1n) is 9.77. The molecule has 5 nitrogen and oxygen atoms in total. The summed E-state index contributed by atoms with van der Waals surface area (Å²) in [6, 6.07) is 10.9. The van der Waals surface area contributed by atoms with E-state index >= 15 is 0 Å². The molecule has 1 N–H and O–H groups in total. The fourth-order valence-corrected chi connectivity index (χ4v) is 4.01. The lowest BCUT2D eigenvalue weighted by Gasteiger charge is -2.12. The van der Waals surface area contributed by atoms with Crippen molar-refractivity contribution in [2.75, 3.05) is 39.6 Å². The maximum absolute atomic E-state index is 5.80. The standard InChI is InChI=1S/C23H28N4O/c1-15-7-9-18-17(13-15)8-10-19-20(18)21-22(27(19)28-5)16(2)14-25-23(21)24-11-6-12-26(3)4/h7-10,13-14H,6,11-12H2,1-5H3,(H,24,25). The lowest BCUT2D eigenvalue weighted by molar-refractivity contribution is 0.190. The second-order valence-electron chi connectivity index (χ2n) is 7.76. The molecule has 0 atom stereocenters. The molecule has 0 radical (unpaired) electrons. The summed E-state index contributed by atoms with van der Waals surface area (Å²) in [7, 11) is 5.92. The largest absolute Gasteiger partial charge is 0.416 e. The number of pyridine rings is 1. The number of aromatic nitrogens is 2. The van der Waals surface area contributed by atoms with E-state index in [0.29, 0.717) is 0 Å². The highest BCUT2D eigenvalue weighted by Gasteiger charge is 2.19. The number of nitrogens with zero attached hydrogens (tertiary/aromatic N) is 3. The minimum Gasteiger partial charge on any atom is -0.416 e. The van der Waals surface area contributed by atoms with E-state index in [4.69, 9.17) is 9.82 Å². The lowest BCUT2D eigenvalue weighted by atomic mass is 10.0. The molecule has 0 aliphatic carbocycles. The summed E-state index contributed by atoms with van der Waals surface area (Å²) in [4.78, 5) is 12.8. The first-order valence-corrected chi connectivity index (χ1v) is 9.77. The van der Waals surface area contributed by atoms with Crippen LogP contribution in [0.5, 0.6) is 0 Å². The van der Waals surface area contributed by atoms with E-state index in [-0.39, 0.29) is 0 Å². The van der Waals surface area contributed by atoms with Crippen LogP contribution in [0.25, 0.3) is 32.6 Å². The smallest absolute Gasteiger partial charge is 0.136 e. The van der Waals surface area contributed by atoms with Crippen LogP contribution in [-0.4, -0.2) is 48.9 Å². The summed E-state index contributed by atoms with van der Waals surface area (Å²) >= 11 is 0. The molecule has 146 valence electrons. The monoisotopic (exact) mass is 376 g/mol. The molecule has 0 fully saturated rings. The van der Waals surface area contributed by atoms with Crippen molar-refractivity contribution in [3.63, 3.8) is 0 Å². The maximum Gasteiger partial charge on any atom is 0.136 e. The molecule has 2 aromatic carbocycles. The number of hydrogen-bond acceptors (Lipinski definition) is 4. The van der Waals surface area contributed by atoms with Gasteiger partial charge < -0.3 is 15.1 Å². The molecule has 5 heteroatoms. The fourth-order valence-electron chi connectivity index (χ4n) is 4.01. The Labute approximate surface area is 165 Å². The van der Waals surface area contributed by atoms with Gasteiger partial charge in [0.1, 0.15) is 12.9 Å². The molecule has 2 heterocycles. The molecule has 0 saturated carbocycles. The highest BCUT2D eigenvalue weighted by atomic mass is 16.6. The number of hydrogen-bond donors (Lipinski definition) is 1. The molecule has 4 aromatic rings. The average molecular weight is 377 g/mol. The average Bonchev–Trinajstić information content (AvgIpc) is 3.02. The highest BCUT2D eigenvalue weighted by Crippen LogP contribution is 2.38. The van der Waals surface area contributed by atoms with Gasteiger partial charge in [0, 0.05) is 18.1 Å². The third-order valence-corrected chi connectivity index (χ3v) is 5.32. The molecule has 0 saturated heterocycles. The normalized spacial score (nSPS) is 11.8. The first kappa shape index (κ1) is 18.6. The van der Waals surface area contributed by atoms with E-state index < -0.39 is 0 Å². The Hall–Kier alpha value is -2.79. The molecule has 0 aliphatic heterocycles. The van der Waals surface area contributed by atoms with Crippen LogP contribution in [0.4, 0.5) is 5.82 Å². The van der Waals surface area contributed by atoms with Crippen LogP contribution in [0.15, 0.2) is 36.5 Å². The Morgan fingerprint density at radius 1 is 1.11 bits per heavy atom. The lowest BCUT2D eigenvalue weighted by Crippen LogP contribution is -2.16. The van der Waals surface area contributed by atoms with Crippen molar-refractivity contribution in [1.29, 1.82) is 0 Å². The Balaban J connectivity index is 1.98.